The topological polar surface area (TPSA) is 37.4 Å². The summed E-state index contributed by atoms with van der Waals surface area (Å²) in [6.07, 6.45) is 0. The Balaban J connectivity index is 1.81. The van der Waals surface area contributed by atoms with Crippen molar-refractivity contribution in [3.05, 3.63) is 40.4 Å². The van der Waals surface area contributed by atoms with Gasteiger partial charge in [-0.2, -0.15) is 0 Å². The SMILES string of the molecule is O=S1(=O)CC2=C(CN(c3cccc(Cl)c3)C2)C1. The lowest BCUT2D eigenvalue weighted by atomic mass is 10.2. The van der Waals surface area contributed by atoms with Gasteiger partial charge in [0, 0.05) is 23.8 Å². The molecule has 0 bridgehead atoms. The van der Waals surface area contributed by atoms with Crippen LogP contribution in [0, 0.1) is 0 Å². The summed E-state index contributed by atoms with van der Waals surface area (Å²) in [6, 6.07) is 7.67. The van der Waals surface area contributed by atoms with E-state index >= 15 is 0 Å². The Hall–Kier alpha value is -1.00. The second kappa shape index (κ2) is 3.75. The largest absolute Gasteiger partial charge is 0.363 e. The zero-order valence-electron chi connectivity index (χ0n) is 9.19. The standard InChI is InChI=1S/C12H12ClNO2S/c13-11-2-1-3-12(4-11)14-5-9-7-17(15,16)8-10(9)6-14/h1-4H,5-8H2. The van der Waals surface area contributed by atoms with Crippen LogP contribution in [0.15, 0.2) is 35.4 Å². The number of sulfone groups is 1. The van der Waals surface area contributed by atoms with Crippen molar-refractivity contribution < 1.29 is 8.42 Å². The maximum absolute atomic E-state index is 11.5. The van der Waals surface area contributed by atoms with Gasteiger partial charge in [0.05, 0.1) is 11.5 Å². The van der Waals surface area contributed by atoms with Crippen LogP contribution in [0.4, 0.5) is 5.69 Å². The highest BCUT2D eigenvalue weighted by molar-refractivity contribution is 7.92. The van der Waals surface area contributed by atoms with E-state index in [0.717, 1.165) is 29.9 Å². The van der Waals surface area contributed by atoms with Crippen LogP contribution in [0.5, 0.6) is 0 Å². The van der Waals surface area contributed by atoms with Crippen molar-refractivity contribution in [3.8, 4) is 0 Å². The van der Waals surface area contributed by atoms with E-state index in [-0.39, 0.29) is 11.5 Å². The van der Waals surface area contributed by atoms with Crippen LogP contribution < -0.4 is 4.90 Å². The fourth-order valence-corrected chi connectivity index (χ4v) is 4.41. The van der Waals surface area contributed by atoms with E-state index in [0.29, 0.717) is 5.02 Å². The van der Waals surface area contributed by atoms with E-state index in [1.807, 2.05) is 24.3 Å². The van der Waals surface area contributed by atoms with E-state index in [2.05, 4.69) is 4.90 Å². The lowest BCUT2D eigenvalue weighted by Crippen LogP contribution is -2.24. The monoisotopic (exact) mass is 269 g/mol. The van der Waals surface area contributed by atoms with Gasteiger partial charge in [-0.3, -0.25) is 0 Å². The highest BCUT2D eigenvalue weighted by Gasteiger charge is 2.33. The molecule has 0 fully saturated rings. The van der Waals surface area contributed by atoms with Gasteiger partial charge in [0.1, 0.15) is 0 Å². The predicted molar refractivity (Wildman–Crippen MR) is 69.3 cm³/mol. The van der Waals surface area contributed by atoms with Crippen LogP contribution in [-0.4, -0.2) is 33.0 Å². The Morgan fingerprint density at radius 3 is 2.35 bits per heavy atom. The maximum atomic E-state index is 11.5. The van der Waals surface area contributed by atoms with Crippen LogP contribution in [0.25, 0.3) is 0 Å². The Labute approximate surface area is 106 Å². The van der Waals surface area contributed by atoms with Crippen molar-refractivity contribution in [2.75, 3.05) is 29.5 Å². The Morgan fingerprint density at radius 1 is 1.12 bits per heavy atom. The molecule has 2 aliphatic heterocycles. The second-order valence-corrected chi connectivity index (χ2v) is 7.08. The molecule has 0 saturated carbocycles. The lowest BCUT2D eigenvalue weighted by Gasteiger charge is -2.20. The van der Waals surface area contributed by atoms with E-state index in [9.17, 15) is 8.42 Å². The molecule has 1 aromatic carbocycles. The maximum Gasteiger partial charge on any atom is 0.158 e. The number of rotatable bonds is 1. The molecule has 3 nitrogen and oxygen atoms in total. The Bertz CT molecular complexity index is 583. The van der Waals surface area contributed by atoms with Crippen LogP contribution in [0.2, 0.25) is 5.02 Å². The number of halogens is 1. The molecule has 0 aliphatic carbocycles. The van der Waals surface area contributed by atoms with Crippen molar-refractivity contribution in [1.29, 1.82) is 0 Å². The zero-order chi connectivity index (χ0) is 12.0. The van der Waals surface area contributed by atoms with E-state index in [4.69, 9.17) is 11.6 Å². The molecule has 3 rings (SSSR count). The van der Waals surface area contributed by atoms with Crippen molar-refractivity contribution in [3.63, 3.8) is 0 Å². The molecule has 0 aromatic heterocycles. The van der Waals surface area contributed by atoms with Gasteiger partial charge in [-0.15, -0.1) is 0 Å². The van der Waals surface area contributed by atoms with Gasteiger partial charge in [-0.25, -0.2) is 8.42 Å². The number of benzene rings is 1. The average molecular weight is 270 g/mol. The van der Waals surface area contributed by atoms with E-state index in [1.54, 1.807) is 0 Å². The summed E-state index contributed by atoms with van der Waals surface area (Å²) in [5, 5.41) is 0.710. The van der Waals surface area contributed by atoms with Crippen LogP contribution >= 0.6 is 11.6 Å². The highest BCUT2D eigenvalue weighted by atomic mass is 35.5. The molecular formula is C12H12ClNO2S. The Kier molecular flexibility index (Phi) is 2.45. The predicted octanol–water partition coefficient (Wildman–Crippen LogP) is 1.89. The minimum Gasteiger partial charge on any atom is -0.363 e. The van der Waals surface area contributed by atoms with E-state index < -0.39 is 9.84 Å². The summed E-state index contributed by atoms with van der Waals surface area (Å²) in [4.78, 5) is 2.17. The third-order valence-electron chi connectivity index (χ3n) is 3.23. The van der Waals surface area contributed by atoms with Crippen molar-refractivity contribution in [1.82, 2.24) is 0 Å². The lowest BCUT2D eigenvalue weighted by molar-refractivity contribution is 0.602. The third-order valence-corrected chi connectivity index (χ3v) is 5.04. The summed E-state index contributed by atoms with van der Waals surface area (Å²) in [7, 11) is -2.85. The van der Waals surface area contributed by atoms with Crippen LogP contribution in [-0.2, 0) is 9.84 Å². The van der Waals surface area contributed by atoms with E-state index in [1.165, 1.54) is 0 Å². The molecule has 0 saturated heterocycles. The fourth-order valence-electron chi connectivity index (χ4n) is 2.47. The summed E-state index contributed by atoms with van der Waals surface area (Å²) in [6.45, 7) is 1.43. The van der Waals surface area contributed by atoms with Crippen LogP contribution in [0.1, 0.15) is 0 Å². The number of hydrogen-bond acceptors (Lipinski definition) is 3. The smallest absolute Gasteiger partial charge is 0.158 e. The zero-order valence-corrected chi connectivity index (χ0v) is 10.8. The molecule has 2 aliphatic rings. The first-order chi connectivity index (χ1) is 8.03. The minimum absolute atomic E-state index is 0.236. The molecule has 0 unspecified atom stereocenters. The molecule has 0 atom stereocenters. The quantitative estimate of drug-likeness (QED) is 0.731. The average Bonchev–Trinajstić information content (AvgIpc) is 2.71. The third kappa shape index (κ3) is 2.07. The van der Waals surface area contributed by atoms with Crippen molar-refractivity contribution in [2.45, 2.75) is 0 Å². The molecule has 0 spiro atoms. The van der Waals surface area contributed by atoms with Crippen molar-refractivity contribution in [2.24, 2.45) is 0 Å². The minimum atomic E-state index is -2.85. The van der Waals surface area contributed by atoms with Gasteiger partial charge in [-0.1, -0.05) is 17.7 Å². The number of hydrogen-bond donors (Lipinski definition) is 0. The summed E-state index contributed by atoms with van der Waals surface area (Å²) in [5.74, 6) is 0.471. The summed E-state index contributed by atoms with van der Waals surface area (Å²) >= 11 is 5.95. The second-order valence-electron chi connectivity index (χ2n) is 4.58. The van der Waals surface area contributed by atoms with Gasteiger partial charge < -0.3 is 4.90 Å². The van der Waals surface area contributed by atoms with Gasteiger partial charge >= 0.3 is 0 Å². The van der Waals surface area contributed by atoms with Gasteiger partial charge in [-0.05, 0) is 29.3 Å². The van der Waals surface area contributed by atoms with Gasteiger partial charge in [0.2, 0.25) is 0 Å². The molecule has 0 N–H and O–H groups in total. The molecular weight excluding hydrogens is 258 g/mol. The molecule has 90 valence electrons. The molecule has 5 heteroatoms. The summed E-state index contributed by atoms with van der Waals surface area (Å²) < 4.78 is 22.9. The first-order valence-corrected chi connectivity index (χ1v) is 7.64. The summed E-state index contributed by atoms with van der Waals surface area (Å²) in [5.41, 5.74) is 3.21. The molecule has 2 heterocycles. The fraction of sp³-hybridized carbons (Fsp3) is 0.333. The molecule has 0 amide bonds. The molecule has 1 aromatic rings. The molecule has 0 radical (unpaired) electrons. The first kappa shape index (κ1) is 11.1. The molecule has 17 heavy (non-hydrogen) atoms. The highest BCUT2D eigenvalue weighted by Crippen LogP contribution is 2.31. The number of anilines is 1. The van der Waals surface area contributed by atoms with Crippen molar-refractivity contribution >= 4 is 27.1 Å². The first-order valence-electron chi connectivity index (χ1n) is 5.44. The normalized spacial score (nSPS) is 22.1. The van der Waals surface area contributed by atoms with Crippen LogP contribution in [0.3, 0.4) is 0 Å². The Morgan fingerprint density at radius 2 is 1.76 bits per heavy atom. The van der Waals surface area contributed by atoms with Gasteiger partial charge in [0.15, 0.2) is 9.84 Å². The van der Waals surface area contributed by atoms with Gasteiger partial charge in [0.25, 0.3) is 0 Å². The number of nitrogens with zero attached hydrogens (tertiary/aromatic N) is 1.